The van der Waals surface area contributed by atoms with E-state index in [9.17, 15) is 0 Å². The van der Waals surface area contributed by atoms with Crippen LogP contribution in [0.2, 0.25) is 0 Å². The summed E-state index contributed by atoms with van der Waals surface area (Å²) in [5.74, 6) is 7.27. The van der Waals surface area contributed by atoms with E-state index in [4.69, 9.17) is 4.74 Å². The molecule has 0 radical (unpaired) electrons. The lowest BCUT2D eigenvalue weighted by Gasteiger charge is -2.44. The maximum Gasteiger partial charge on any atom is 0.233 e. The molecule has 0 saturated carbocycles. The SMILES string of the molecule is C(#Cc1ccc(OC2CN3CCC2CC3)nn1)c1cccnc1. The topological polar surface area (TPSA) is 51.1 Å². The van der Waals surface area contributed by atoms with Crippen LogP contribution in [0, 0.1) is 17.8 Å². The number of fused-ring (bicyclic) bond motifs is 3. The van der Waals surface area contributed by atoms with Crippen molar-refractivity contribution in [3.8, 4) is 17.7 Å². The molecule has 0 N–H and O–H groups in total. The molecule has 2 bridgehead atoms. The lowest BCUT2D eigenvalue weighted by Crippen LogP contribution is -2.52. The van der Waals surface area contributed by atoms with Gasteiger partial charge in [-0.3, -0.25) is 9.88 Å². The zero-order chi connectivity index (χ0) is 15.5. The lowest BCUT2D eigenvalue weighted by atomic mass is 9.86. The minimum Gasteiger partial charge on any atom is -0.472 e. The Labute approximate surface area is 135 Å². The third-order valence-corrected chi connectivity index (χ3v) is 4.50. The first kappa shape index (κ1) is 14.2. The second kappa shape index (κ2) is 6.35. The van der Waals surface area contributed by atoms with E-state index in [0.717, 1.165) is 12.1 Å². The van der Waals surface area contributed by atoms with E-state index in [-0.39, 0.29) is 6.10 Å². The maximum atomic E-state index is 6.03. The molecule has 2 aromatic rings. The number of rotatable bonds is 2. The van der Waals surface area contributed by atoms with Crippen LogP contribution in [0.25, 0.3) is 0 Å². The highest BCUT2D eigenvalue weighted by atomic mass is 16.5. The molecule has 2 aromatic heterocycles. The van der Waals surface area contributed by atoms with E-state index >= 15 is 0 Å². The second-order valence-electron chi connectivity index (χ2n) is 6.04. The van der Waals surface area contributed by atoms with Crippen molar-refractivity contribution < 1.29 is 4.74 Å². The molecule has 3 saturated heterocycles. The van der Waals surface area contributed by atoms with E-state index in [2.05, 4.69) is 31.9 Å². The average molecular weight is 306 g/mol. The minimum atomic E-state index is 0.249. The van der Waals surface area contributed by atoms with Crippen LogP contribution in [0.4, 0.5) is 0 Å². The second-order valence-corrected chi connectivity index (χ2v) is 6.04. The summed E-state index contributed by atoms with van der Waals surface area (Å²) >= 11 is 0. The highest BCUT2D eigenvalue weighted by Gasteiger charge is 2.35. The molecular weight excluding hydrogens is 288 g/mol. The van der Waals surface area contributed by atoms with Crippen LogP contribution in [-0.2, 0) is 0 Å². The fourth-order valence-corrected chi connectivity index (χ4v) is 3.22. The molecule has 3 aliphatic rings. The molecular formula is C18H18N4O. The van der Waals surface area contributed by atoms with E-state index in [1.807, 2.05) is 24.3 Å². The van der Waals surface area contributed by atoms with E-state index in [1.165, 1.54) is 25.9 Å². The average Bonchev–Trinajstić information content (AvgIpc) is 2.63. The normalized spacial score (nSPS) is 25.5. The quantitative estimate of drug-likeness (QED) is 0.791. The van der Waals surface area contributed by atoms with Crippen molar-refractivity contribution in [1.29, 1.82) is 0 Å². The number of pyridine rings is 1. The van der Waals surface area contributed by atoms with Gasteiger partial charge in [0.25, 0.3) is 0 Å². The summed E-state index contributed by atoms with van der Waals surface area (Å²) < 4.78 is 6.03. The molecule has 3 fully saturated rings. The van der Waals surface area contributed by atoms with Gasteiger partial charge in [0, 0.05) is 30.6 Å². The first-order valence-corrected chi connectivity index (χ1v) is 8.01. The molecule has 23 heavy (non-hydrogen) atoms. The Balaban J connectivity index is 1.41. The van der Waals surface area contributed by atoms with Crippen LogP contribution in [0.1, 0.15) is 24.1 Å². The van der Waals surface area contributed by atoms with Gasteiger partial charge in [0.15, 0.2) is 0 Å². The van der Waals surface area contributed by atoms with Crippen molar-refractivity contribution >= 4 is 0 Å². The summed E-state index contributed by atoms with van der Waals surface area (Å²) in [6.45, 7) is 3.42. The molecule has 5 heterocycles. The number of nitrogens with zero attached hydrogens (tertiary/aromatic N) is 4. The van der Waals surface area contributed by atoms with E-state index < -0.39 is 0 Å². The standard InChI is InChI=1S/C18H18N4O/c1-2-14(12-19-9-1)3-4-16-5-6-18(21-20-16)23-17-13-22-10-7-15(17)8-11-22/h1-2,5-6,9,12,15,17H,7-8,10-11,13H2. The zero-order valence-electron chi connectivity index (χ0n) is 12.9. The predicted molar refractivity (Wildman–Crippen MR) is 85.8 cm³/mol. The fourth-order valence-electron chi connectivity index (χ4n) is 3.22. The Bertz CT molecular complexity index is 712. The molecule has 1 atom stereocenters. The number of aromatic nitrogens is 3. The summed E-state index contributed by atoms with van der Waals surface area (Å²) in [5.41, 5.74) is 1.50. The molecule has 3 aliphatic heterocycles. The Kier molecular flexibility index (Phi) is 3.91. The smallest absolute Gasteiger partial charge is 0.233 e. The Morgan fingerprint density at radius 1 is 1.09 bits per heavy atom. The van der Waals surface area contributed by atoms with Crippen molar-refractivity contribution in [1.82, 2.24) is 20.1 Å². The molecule has 0 aromatic carbocycles. The summed E-state index contributed by atoms with van der Waals surface area (Å²) in [4.78, 5) is 6.50. The molecule has 1 unspecified atom stereocenters. The largest absolute Gasteiger partial charge is 0.472 e. The number of piperidine rings is 3. The highest BCUT2D eigenvalue weighted by molar-refractivity contribution is 5.38. The van der Waals surface area contributed by atoms with E-state index in [1.54, 1.807) is 12.4 Å². The van der Waals surface area contributed by atoms with Gasteiger partial charge >= 0.3 is 0 Å². The lowest BCUT2D eigenvalue weighted by molar-refractivity contribution is -0.0104. The van der Waals surface area contributed by atoms with Crippen molar-refractivity contribution in [3.05, 3.63) is 47.9 Å². The van der Waals surface area contributed by atoms with Gasteiger partial charge < -0.3 is 4.74 Å². The Morgan fingerprint density at radius 2 is 2.00 bits per heavy atom. The molecule has 0 aliphatic carbocycles. The molecule has 5 rings (SSSR count). The molecule has 5 nitrogen and oxygen atoms in total. The third kappa shape index (κ3) is 3.33. The van der Waals surface area contributed by atoms with Crippen LogP contribution >= 0.6 is 0 Å². The molecule has 0 spiro atoms. The Morgan fingerprint density at radius 3 is 2.65 bits per heavy atom. The number of hydrogen-bond acceptors (Lipinski definition) is 5. The van der Waals surface area contributed by atoms with Gasteiger partial charge in [0.1, 0.15) is 11.8 Å². The van der Waals surface area contributed by atoms with Crippen molar-refractivity contribution in [3.63, 3.8) is 0 Å². The van der Waals surface area contributed by atoms with Crippen molar-refractivity contribution in [2.75, 3.05) is 19.6 Å². The van der Waals surface area contributed by atoms with Crippen molar-refractivity contribution in [2.24, 2.45) is 5.92 Å². The van der Waals surface area contributed by atoms with Gasteiger partial charge in [-0.1, -0.05) is 5.92 Å². The summed E-state index contributed by atoms with van der Waals surface area (Å²) in [7, 11) is 0. The molecule has 5 heteroatoms. The third-order valence-electron chi connectivity index (χ3n) is 4.50. The van der Waals surface area contributed by atoms with Crippen LogP contribution < -0.4 is 4.74 Å². The summed E-state index contributed by atoms with van der Waals surface area (Å²) in [6.07, 6.45) is 6.16. The van der Waals surface area contributed by atoms with Crippen LogP contribution in [0.3, 0.4) is 0 Å². The number of hydrogen-bond donors (Lipinski definition) is 0. The first-order valence-electron chi connectivity index (χ1n) is 8.01. The maximum absolute atomic E-state index is 6.03. The molecule has 116 valence electrons. The van der Waals surface area contributed by atoms with Gasteiger partial charge in [0.05, 0.1) is 0 Å². The van der Waals surface area contributed by atoms with Gasteiger partial charge in [0.2, 0.25) is 5.88 Å². The summed E-state index contributed by atoms with van der Waals surface area (Å²) in [6, 6.07) is 7.49. The minimum absolute atomic E-state index is 0.249. The zero-order valence-corrected chi connectivity index (χ0v) is 12.9. The van der Waals surface area contributed by atoms with Gasteiger partial charge in [-0.2, -0.15) is 0 Å². The van der Waals surface area contributed by atoms with Gasteiger partial charge in [-0.25, -0.2) is 0 Å². The van der Waals surface area contributed by atoms with Crippen LogP contribution in [0.15, 0.2) is 36.7 Å². The van der Waals surface area contributed by atoms with Gasteiger partial charge in [-0.05, 0) is 56.0 Å². The molecule has 0 amide bonds. The highest BCUT2D eigenvalue weighted by Crippen LogP contribution is 2.29. The monoisotopic (exact) mass is 306 g/mol. The fraction of sp³-hybridized carbons (Fsp3) is 0.389. The first-order chi connectivity index (χ1) is 11.4. The van der Waals surface area contributed by atoms with Crippen LogP contribution in [0.5, 0.6) is 5.88 Å². The van der Waals surface area contributed by atoms with Crippen molar-refractivity contribution in [2.45, 2.75) is 18.9 Å². The number of ether oxygens (including phenoxy) is 1. The Hall–Kier alpha value is -2.45. The van der Waals surface area contributed by atoms with E-state index in [0.29, 0.717) is 17.5 Å². The van der Waals surface area contributed by atoms with Crippen LogP contribution in [-0.4, -0.2) is 45.8 Å². The summed E-state index contributed by atoms with van der Waals surface area (Å²) in [5, 5.41) is 8.30. The predicted octanol–water partition coefficient (Wildman–Crippen LogP) is 1.74. The van der Waals surface area contributed by atoms with Gasteiger partial charge in [-0.15, -0.1) is 10.2 Å².